The number of rotatable bonds is 7. The van der Waals surface area contributed by atoms with Crippen LogP contribution in [0.1, 0.15) is 38.7 Å². The average molecular weight is 345 g/mol. The molecular formula is C15H22BrFN2O. The summed E-state index contributed by atoms with van der Waals surface area (Å²) < 4.78 is 14.3. The van der Waals surface area contributed by atoms with Crippen molar-refractivity contribution < 1.29 is 9.18 Å². The predicted octanol–water partition coefficient (Wildman–Crippen LogP) is 3.36. The Bertz CT molecular complexity index is 451. The third-order valence-corrected chi connectivity index (χ3v) is 3.70. The minimum absolute atomic E-state index is 0.0472. The largest absolute Gasteiger partial charge is 0.352 e. The molecule has 0 spiro atoms. The predicted molar refractivity (Wildman–Crippen MR) is 82.6 cm³/mol. The van der Waals surface area contributed by atoms with Gasteiger partial charge in [-0.15, -0.1) is 0 Å². The molecule has 0 aromatic heterocycles. The number of carbonyl (C=O) groups excluding carboxylic acids is 1. The minimum atomic E-state index is -0.307. The maximum absolute atomic E-state index is 13.5. The van der Waals surface area contributed by atoms with Gasteiger partial charge in [0, 0.05) is 28.5 Å². The van der Waals surface area contributed by atoms with Crippen LogP contribution in [0.3, 0.4) is 0 Å². The third-order valence-electron chi connectivity index (χ3n) is 3.21. The van der Waals surface area contributed by atoms with Crippen molar-refractivity contribution in [2.45, 2.75) is 45.7 Å². The summed E-state index contributed by atoms with van der Waals surface area (Å²) in [5, 5.41) is 2.77. The van der Waals surface area contributed by atoms with E-state index in [9.17, 15) is 9.18 Å². The van der Waals surface area contributed by atoms with Crippen LogP contribution in [0.25, 0.3) is 0 Å². The van der Waals surface area contributed by atoms with Gasteiger partial charge in [0.05, 0.1) is 0 Å². The summed E-state index contributed by atoms with van der Waals surface area (Å²) in [6, 6.07) is 4.87. The molecule has 20 heavy (non-hydrogen) atoms. The highest BCUT2D eigenvalue weighted by atomic mass is 79.9. The first-order chi connectivity index (χ1) is 9.40. The molecule has 3 nitrogen and oxygen atoms in total. The SMILES string of the molecule is CC(N)CCCC(C)C(=O)NCc1cc(Br)ccc1F. The molecule has 0 aliphatic carbocycles. The van der Waals surface area contributed by atoms with Gasteiger partial charge < -0.3 is 11.1 Å². The fourth-order valence-corrected chi connectivity index (χ4v) is 2.32. The van der Waals surface area contributed by atoms with E-state index in [1.54, 1.807) is 12.1 Å². The van der Waals surface area contributed by atoms with Crippen LogP contribution in [0, 0.1) is 11.7 Å². The van der Waals surface area contributed by atoms with Crippen molar-refractivity contribution >= 4 is 21.8 Å². The molecule has 2 unspecified atom stereocenters. The van der Waals surface area contributed by atoms with E-state index in [0.29, 0.717) is 5.56 Å². The highest BCUT2D eigenvalue weighted by molar-refractivity contribution is 9.10. The number of halogens is 2. The fraction of sp³-hybridized carbons (Fsp3) is 0.533. The molecule has 0 saturated carbocycles. The molecule has 2 atom stereocenters. The van der Waals surface area contributed by atoms with Crippen molar-refractivity contribution in [3.63, 3.8) is 0 Å². The number of hydrogen-bond acceptors (Lipinski definition) is 2. The van der Waals surface area contributed by atoms with E-state index in [1.165, 1.54) is 6.07 Å². The lowest BCUT2D eigenvalue weighted by Crippen LogP contribution is -2.29. The molecule has 1 aromatic rings. The van der Waals surface area contributed by atoms with E-state index in [0.717, 1.165) is 23.7 Å². The van der Waals surface area contributed by atoms with Gasteiger partial charge in [0.15, 0.2) is 0 Å². The van der Waals surface area contributed by atoms with Crippen LogP contribution >= 0.6 is 15.9 Å². The summed E-state index contributed by atoms with van der Waals surface area (Å²) in [6.07, 6.45) is 2.64. The lowest BCUT2D eigenvalue weighted by atomic mass is 10.0. The van der Waals surface area contributed by atoms with Gasteiger partial charge in [-0.25, -0.2) is 4.39 Å². The van der Waals surface area contributed by atoms with E-state index in [-0.39, 0.29) is 30.2 Å². The first kappa shape index (κ1) is 17.1. The Kier molecular flexibility index (Phi) is 7.16. The number of carbonyl (C=O) groups is 1. The van der Waals surface area contributed by atoms with Crippen molar-refractivity contribution in [2.75, 3.05) is 0 Å². The topological polar surface area (TPSA) is 55.1 Å². The molecule has 1 rings (SSSR count). The van der Waals surface area contributed by atoms with Crippen LogP contribution in [0.15, 0.2) is 22.7 Å². The molecule has 0 radical (unpaired) electrons. The molecule has 0 saturated heterocycles. The summed E-state index contributed by atoms with van der Waals surface area (Å²) in [5.74, 6) is -0.434. The lowest BCUT2D eigenvalue weighted by molar-refractivity contribution is -0.124. The molecule has 0 aliphatic rings. The number of nitrogens with one attached hydrogen (secondary N) is 1. The van der Waals surface area contributed by atoms with Gasteiger partial charge in [0.2, 0.25) is 5.91 Å². The van der Waals surface area contributed by atoms with Crippen molar-refractivity contribution in [1.82, 2.24) is 5.32 Å². The Morgan fingerprint density at radius 1 is 1.40 bits per heavy atom. The van der Waals surface area contributed by atoms with Crippen LogP contribution in [-0.2, 0) is 11.3 Å². The van der Waals surface area contributed by atoms with Crippen molar-refractivity contribution in [2.24, 2.45) is 11.7 Å². The van der Waals surface area contributed by atoms with Gasteiger partial charge in [-0.3, -0.25) is 4.79 Å². The minimum Gasteiger partial charge on any atom is -0.352 e. The van der Waals surface area contributed by atoms with E-state index >= 15 is 0 Å². The van der Waals surface area contributed by atoms with Gasteiger partial charge >= 0.3 is 0 Å². The summed E-state index contributed by atoms with van der Waals surface area (Å²) >= 11 is 3.29. The Balaban J connectivity index is 2.40. The van der Waals surface area contributed by atoms with Gasteiger partial charge in [0.25, 0.3) is 0 Å². The second-order valence-corrected chi connectivity index (χ2v) is 6.18. The molecule has 0 heterocycles. The zero-order valence-electron chi connectivity index (χ0n) is 12.0. The van der Waals surface area contributed by atoms with E-state index in [1.807, 2.05) is 13.8 Å². The molecule has 3 N–H and O–H groups in total. The van der Waals surface area contributed by atoms with Crippen LogP contribution in [-0.4, -0.2) is 11.9 Å². The van der Waals surface area contributed by atoms with Crippen molar-refractivity contribution in [3.8, 4) is 0 Å². The van der Waals surface area contributed by atoms with Gasteiger partial charge in [-0.1, -0.05) is 29.3 Å². The van der Waals surface area contributed by atoms with Crippen LogP contribution in [0.4, 0.5) is 4.39 Å². The fourth-order valence-electron chi connectivity index (χ4n) is 1.91. The Morgan fingerprint density at radius 3 is 2.75 bits per heavy atom. The van der Waals surface area contributed by atoms with Crippen LogP contribution < -0.4 is 11.1 Å². The Morgan fingerprint density at radius 2 is 2.10 bits per heavy atom. The Labute approximate surface area is 128 Å². The monoisotopic (exact) mass is 344 g/mol. The maximum atomic E-state index is 13.5. The van der Waals surface area contributed by atoms with E-state index in [2.05, 4.69) is 21.2 Å². The quantitative estimate of drug-likeness (QED) is 0.796. The normalized spacial score (nSPS) is 13.8. The summed E-state index contributed by atoms with van der Waals surface area (Å²) in [4.78, 5) is 11.9. The van der Waals surface area contributed by atoms with Gasteiger partial charge in [-0.2, -0.15) is 0 Å². The summed E-state index contributed by atoms with van der Waals surface area (Å²) in [5.41, 5.74) is 6.16. The molecular weight excluding hydrogens is 323 g/mol. The second-order valence-electron chi connectivity index (χ2n) is 5.26. The summed E-state index contributed by atoms with van der Waals surface area (Å²) in [7, 11) is 0. The van der Waals surface area contributed by atoms with E-state index < -0.39 is 0 Å². The molecule has 1 amide bonds. The van der Waals surface area contributed by atoms with Gasteiger partial charge in [0.1, 0.15) is 5.82 Å². The van der Waals surface area contributed by atoms with E-state index in [4.69, 9.17) is 5.73 Å². The molecule has 1 aromatic carbocycles. The number of amides is 1. The first-order valence-corrected chi connectivity index (χ1v) is 7.66. The standard InChI is InChI=1S/C15H22BrFN2O/c1-10(4-3-5-11(2)18)15(20)19-9-12-8-13(16)6-7-14(12)17/h6-8,10-11H,3-5,9,18H2,1-2H3,(H,19,20). The number of hydrogen-bond donors (Lipinski definition) is 2. The zero-order chi connectivity index (χ0) is 15.1. The summed E-state index contributed by atoms with van der Waals surface area (Å²) in [6.45, 7) is 4.05. The lowest BCUT2D eigenvalue weighted by Gasteiger charge is -2.13. The van der Waals surface area contributed by atoms with Crippen molar-refractivity contribution in [1.29, 1.82) is 0 Å². The Hall–Kier alpha value is -0.940. The molecule has 5 heteroatoms. The average Bonchev–Trinajstić information content (AvgIpc) is 2.38. The molecule has 0 fully saturated rings. The molecule has 0 aliphatic heterocycles. The zero-order valence-corrected chi connectivity index (χ0v) is 13.5. The molecule has 112 valence electrons. The van der Waals surface area contributed by atoms with Crippen LogP contribution in [0.2, 0.25) is 0 Å². The molecule has 0 bridgehead atoms. The van der Waals surface area contributed by atoms with Crippen molar-refractivity contribution in [3.05, 3.63) is 34.1 Å². The maximum Gasteiger partial charge on any atom is 0.223 e. The second kappa shape index (κ2) is 8.37. The third kappa shape index (κ3) is 6.01. The van der Waals surface area contributed by atoms with Gasteiger partial charge in [-0.05, 0) is 38.0 Å². The highest BCUT2D eigenvalue weighted by Gasteiger charge is 2.13. The highest BCUT2D eigenvalue weighted by Crippen LogP contribution is 2.16. The first-order valence-electron chi connectivity index (χ1n) is 6.87. The smallest absolute Gasteiger partial charge is 0.223 e. The van der Waals surface area contributed by atoms with Crippen LogP contribution in [0.5, 0.6) is 0 Å². The number of nitrogens with two attached hydrogens (primary N) is 1. The number of benzene rings is 1.